The molecule has 0 fully saturated rings. The minimum atomic E-state index is 1.14. The normalized spacial score (nSPS) is 11.1. The van der Waals surface area contributed by atoms with E-state index in [1.54, 1.807) is 0 Å². The number of aryl methyl sites for hydroxylation is 1. The van der Waals surface area contributed by atoms with Gasteiger partial charge in [-0.3, -0.25) is 0 Å². The van der Waals surface area contributed by atoms with Gasteiger partial charge in [-0.2, -0.15) is 4.57 Å². The van der Waals surface area contributed by atoms with Crippen LogP contribution >= 0.6 is 0 Å². The van der Waals surface area contributed by atoms with E-state index in [0.29, 0.717) is 0 Å². The zero-order chi connectivity index (χ0) is 17.0. The maximum Gasteiger partial charge on any atom is 0.261 e. The molecule has 0 aliphatic heterocycles. The Hall–Kier alpha value is -1.57. The summed E-state index contributed by atoms with van der Waals surface area (Å²) >= 11 is 0. The quantitative estimate of drug-likeness (QED) is 0.341. The molecule has 2 aromatic rings. The van der Waals surface area contributed by atoms with Gasteiger partial charge in [0.15, 0.2) is 0 Å². The molecule has 1 aromatic carbocycles. The number of unbranched alkanes of at least 4 members (excludes halogenated alkanes) is 7. The molecule has 0 radical (unpaired) electrons. The van der Waals surface area contributed by atoms with Crippen LogP contribution in [-0.2, 0) is 13.0 Å². The van der Waals surface area contributed by atoms with Gasteiger partial charge in [-0.05, 0) is 25.0 Å². The number of hydrogen-bond acceptors (Lipinski definition) is 0. The minimum absolute atomic E-state index is 1.14. The number of benzene rings is 1. The average molecular weight is 328 g/mol. The second-order valence-electron chi connectivity index (χ2n) is 6.84. The maximum absolute atomic E-state index is 2.47. The molecule has 0 bridgehead atoms. The van der Waals surface area contributed by atoms with Crippen LogP contribution in [0, 0.1) is 0 Å². The molecule has 2 rings (SSSR count). The second-order valence-corrected chi connectivity index (χ2v) is 6.84. The first-order chi connectivity index (χ1) is 11.9. The van der Waals surface area contributed by atoms with Gasteiger partial charge in [0.25, 0.3) is 5.82 Å². The third-order valence-electron chi connectivity index (χ3n) is 4.80. The van der Waals surface area contributed by atoms with Gasteiger partial charge in [-0.15, -0.1) is 0 Å². The van der Waals surface area contributed by atoms with Crippen LogP contribution in [0.2, 0.25) is 0 Å². The predicted octanol–water partition coefficient (Wildman–Crippen LogP) is 5.86. The predicted molar refractivity (Wildman–Crippen MR) is 103 cm³/mol. The van der Waals surface area contributed by atoms with E-state index in [9.17, 15) is 0 Å². The zero-order valence-corrected chi connectivity index (χ0v) is 15.7. The lowest BCUT2D eigenvalue weighted by Crippen LogP contribution is -2.37. The zero-order valence-electron chi connectivity index (χ0n) is 15.7. The van der Waals surface area contributed by atoms with Crippen LogP contribution in [0.3, 0.4) is 0 Å². The molecule has 2 heteroatoms. The van der Waals surface area contributed by atoms with Crippen molar-refractivity contribution in [1.29, 1.82) is 0 Å². The Morgan fingerprint density at radius 3 is 2.17 bits per heavy atom. The fraction of sp³-hybridized carbons (Fsp3) is 0.591. The van der Waals surface area contributed by atoms with Crippen molar-refractivity contribution < 1.29 is 4.57 Å². The number of rotatable bonds is 12. The van der Waals surface area contributed by atoms with Crippen LogP contribution in [0.5, 0.6) is 0 Å². The van der Waals surface area contributed by atoms with Crippen LogP contribution < -0.4 is 4.57 Å². The van der Waals surface area contributed by atoms with E-state index in [1.807, 2.05) is 0 Å². The van der Waals surface area contributed by atoms with E-state index in [2.05, 4.69) is 65.7 Å². The molecule has 0 amide bonds. The summed E-state index contributed by atoms with van der Waals surface area (Å²) in [5.74, 6) is 1.46. The van der Waals surface area contributed by atoms with Crippen LogP contribution in [-0.4, -0.2) is 4.57 Å². The fourth-order valence-corrected chi connectivity index (χ4v) is 3.32. The fourth-order valence-electron chi connectivity index (χ4n) is 3.32. The van der Waals surface area contributed by atoms with Gasteiger partial charge in [-0.25, -0.2) is 4.57 Å². The first kappa shape index (κ1) is 18.8. The van der Waals surface area contributed by atoms with Crippen molar-refractivity contribution in [3.63, 3.8) is 0 Å². The number of para-hydroxylation sites is 1. The topological polar surface area (TPSA) is 8.81 Å². The molecule has 2 nitrogen and oxygen atoms in total. The molecule has 1 aromatic heterocycles. The van der Waals surface area contributed by atoms with Crippen molar-refractivity contribution >= 4 is 0 Å². The highest BCUT2D eigenvalue weighted by molar-refractivity contribution is 5.31. The molecule has 1 heterocycles. The van der Waals surface area contributed by atoms with Crippen molar-refractivity contribution in [2.24, 2.45) is 0 Å². The Balaban J connectivity index is 1.96. The molecule has 0 atom stereocenters. The molecule has 132 valence electrons. The molecule has 0 N–H and O–H groups in total. The van der Waals surface area contributed by atoms with Crippen LogP contribution in [0.25, 0.3) is 5.69 Å². The third kappa shape index (κ3) is 5.81. The van der Waals surface area contributed by atoms with Crippen molar-refractivity contribution in [2.75, 3.05) is 0 Å². The molecule has 0 aliphatic carbocycles. The van der Waals surface area contributed by atoms with E-state index >= 15 is 0 Å². The molecule has 0 saturated carbocycles. The Morgan fingerprint density at radius 1 is 0.792 bits per heavy atom. The Bertz CT molecular complexity index is 557. The number of hydrogen-bond donors (Lipinski definition) is 0. The van der Waals surface area contributed by atoms with Crippen LogP contribution in [0.1, 0.15) is 77.5 Å². The monoisotopic (exact) mass is 327 g/mol. The number of aromatic nitrogens is 2. The summed E-state index contributed by atoms with van der Waals surface area (Å²) in [4.78, 5) is 0. The Morgan fingerprint density at radius 2 is 1.46 bits per heavy atom. The van der Waals surface area contributed by atoms with Gasteiger partial charge in [0, 0.05) is 6.42 Å². The van der Waals surface area contributed by atoms with Gasteiger partial charge in [0.2, 0.25) is 0 Å². The summed E-state index contributed by atoms with van der Waals surface area (Å²) in [5.41, 5.74) is 1.28. The van der Waals surface area contributed by atoms with Gasteiger partial charge >= 0.3 is 0 Å². The summed E-state index contributed by atoms with van der Waals surface area (Å²) < 4.78 is 4.85. The highest BCUT2D eigenvalue weighted by atomic mass is 15.1. The lowest BCUT2D eigenvalue weighted by Gasteiger charge is -2.05. The second kappa shape index (κ2) is 11.1. The molecule has 0 saturated heterocycles. The molecule has 0 spiro atoms. The minimum Gasteiger partial charge on any atom is -0.234 e. The molecular formula is C22H35N2+. The van der Waals surface area contributed by atoms with Gasteiger partial charge in [0.1, 0.15) is 18.1 Å². The summed E-state index contributed by atoms with van der Waals surface area (Å²) in [6, 6.07) is 10.8. The largest absolute Gasteiger partial charge is 0.261 e. The van der Waals surface area contributed by atoms with E-state index in [0.717, 1.165) is 6.54 Å². The van der Waals surface area contributed by atoms with E-state index in [1.165, 1.54) is 75.7 Å². The highest BCUT2D eigenvalue weighted by Crippen LogP contribution is 2.13. The number of imidazole rings is 1. The first-order valence-electron chi connectivity index (χ1n) is 10.0. The summed E-state index contributed by atoms with van der Waals surface area (Å²) in [6.07, 6.45) is 17.8. The van der Waals surface area contributed by atoms with Crippen LogP contribution in [0.4, 0.5) is 0 Å². The Kier molecular flexibility index (Phi) is 8.65. The van der Waals surface area contributed by atoms with Gasteiger partial charge in [0.05, 0.1) is 6.54 Å². The van der Waals surface area contributed by atoms with Crippen molar-refractivity contribution in [2.45, 2.75) is 84.6 Å². The Labute approximate surface area is 148 Å². The van der Waals surface area contributed by atoms with E-state index < -0.39 is 0 Å². The molecule has 24 heavy (non-hydrogen) atoms. The van der Waals surface area contributed by atoms with E-state index in [4.69, 9.17) is 0 Å². The maximum atomic E-state index is 2.47. The third-order valence-corrected chi connectivity index (χ3v) is 4.80. The van der Waals surface area contributed by atoms with E-state index in [-0.39, 0.29) is 0 Å². The standard InChI is InChI=1S/C22H35N2/c1-3-5-7-8-9-10-14-17-22-23(18-6-4-2)19-20-24(22)21-15-12-11-13-16-21/h11-13,15-16,19-20H,3-10,14,17-18H2,1-2H3/q+1. The molecular weight excluding hydrogens is 292 g/mol. The van der Waals surface area contributed by atoms with Crippen LogP contribution in [0.15, 0.2) is 42.7 Å². The molecule has 0 aliphatic rings. The van der Waals surface area contributed by atoms with Gasteiger partial charge in [-0.1, -0.05) is 77.0 Å². The van der Waals surface area contributed by atoms with Crippen molar-refractivity contribution in [1.82, 2.24) is 4.57 Å². The first-order valence-corrected chi connectivity index (χ1v) is 10.0. The average Bonchev–Trinajstić information content (AvgIpc) is 3.02. The number of nitrogens with zero attached hydrogens (tertiary/aromatic N) is 2. The van der Waals surface area contributed by atoms with Crippen molar-refractivity contribution in [3.8, 4) is 5.69 Å². The summed E-state index contributed by atoms with van der Waals surface area (Å²) in [6.45, 7) is 5.69. The SMILES string of the molecule is CCCCCCCCCc1n(-c2ccccc2)cc[n+]1CCCC. The summed E-state index contributed by atoms with van der Waals surface area (Å²) in [7, 11) is 0. The highest BCUT2D eigenvalue weighted by Gasteiger charge is 2.17. The lowest BCUT2D eigenvalue weighted by atomic mass is 10.1. The van der Waals surface area contributed by atoms with Gasteiger partial charge < -0.3 is 0 Å². The smallest absolute Gasteiger partial charge is 0.234 e. The summed E-state index contributed by atoms with van der Waals surface area (Å²) in [5, 5.41) is 0. The molecule has 0 unspecified atom stereocenters. The lowest BCUT2D eigenvalue weighted by molar-refractivity contribution is -0.703. The van der Waals surface area contributed by atoms with Crippen molar-refractivity contribution in [3.05, 3.63) is 48.5 Å².